The van der Waals surface area contributed by atoms with Crippen LogP contribution in [0.2, 0.25) is 0 Å². The largest absolute Gasteiger partial charge is 0.378 e. The fourth-order valence-electron chi connectivity index (χ4n) is 9.16. The summed E-state index contributed by atoms with van der Waals surface area (Å²) < 4.78 is 5.32. The summed E-state index contributed by atoms with van der Waals surface area (Å²) >= 11 is 1.94. The number of aromatic nitrogens is 1. The lowest BCUT2D eigenvalue weighted by atomic mass is 9.63. The van der Waals surface area contributed by atoms with Crippen molar-refractivity contribution >= 4 is 94.9 Å². The Bertz CT molecular complexity index is 3150. The van der Waals surface area contributed by atoms with Crippen LogP contribution in [0.4, 0.5) is 34.1 Å². The number of benzene rings is 8. The van der Waals surface area contributed by atoms with Gasteiger partial charge in [0, 0.05) is 80.2 Å². The van der Waals surface area contributed by atoms with Gasteiger partial charge in [0.15, 0.2) is 0 Å². The van der Waals surface area contributed by atoms with E-state index in [1.165, 1.54) is 81.3 Å². The Morgan fingerprint density at radius 2 is 1.22 bits per heavy atom. The maximum atomic E-state index is 3.80. The molecule has 2 aromatic heterocycles. The molecule has 0 fully saturated rings. The molecule has 0 atom stereocenters. The molecule has 0 spiro atoms. The van der Waals surface area contributed by atoms with Crippen LogP contribution in [0.15, 0.2) is 182 Å². The van der Waals surface area contributed by atoms with Crippen LogP contribution in [-0.4, -0.2) is 25.9 Å². The second-order valence-corrected chi connectivity index (χ2v) is 16.9. The molecular formula is C53H41BN4S. The van der Waals surface area contributed by atoms with E-state index in [4.69, 9.17) is 0 Å². The van der Waals surface area contributed by atoms with Gasteiger partial charge in [0.1, 0.15) is 0 Å². The number of anilines is 6. The summed E-state index contributed by atoms with van der Waals surface area (Å²) in [6, 6.07) is 66.2. The van der Waals surface area contributed by atoms with Crippen LogP contribution in [0.5, 0.6) is 0 Å². The molecule has 0 radical (unpaired) electrons. The minimum Gasteiger partial charge on any atom is -0.378 e. The van der Waals surface area contributed by atoms with Crippen LogP contribution >= 0.6 is 11.3 Å². The summed E-state index contributed by atoms with van der Waals surface area (Å²) in [4.78, 5) is 4.51. The van der Waals surface area contributed by atoms with Crippen molar-refractivity contribution < 1.29 is 0 Å². The summed E-state index contributed by atoms with van der Waals surface area (Å²) in [5.41, 5.74) is 18.2. The Morgan fingerprint density at radius 3 is 1.93 bits per heavy atom. The van der Waals surface area contributed by atoms with Crippen molar-refractivity contribution in [1.29, 1.82) is 0 Å². The summed E-state index contributed by atoms with van der Waals surface area (Å²) in [6.45, 7) is 2.30. The second kappa shape index (κ2) is 14.1. The van der Waals surface area contributed by atoms with E-state index in [1.807, 2.05) is 11.3 Å². The number of nitrogens with one attached hydrogen (secondary N) is 1. The smallest absolute Gasteiger partial charge is 0.211 e. The Hall–Kier alpha value is -7.02. The number of aryl methyl sites for hydroxylation is 1. The highest BCUT2D eigenvalue weighted by Gasteiger charge is 2.31. The van der Waals surface area contributed by atoms with E-state index >= 15 is 0 Å². The maximum absolute atomic E-state index is 3.80. The zero-order valence-corrected chi connectivity index (χ0v) is 34.1. The zero-order chi connectivity index (χ0) is 39.6. The Balaban J connectivity index is 1.17. The van der Waals surface area contributed by atoms with Gasteiger partial charge in [-0.2, -0.15) is 0 Å². The standard InChI is InChI=1S/C53H41BN4S/c1-34-31-43(42-21-13-14-22-46(42)55-37-24-26-38(27-25-37)56(2)3)50-52-49(34)44-33-41(57(39-17-9-5-10-18-39)40-19-11-6-12-20-40)28-29-47(44)58(52)51-45-32-36(35-15-7-4-8-16-35)23-30-48(45)59-53(51)54-50/h4-33,54-55H,1-3H3. The Labute approximate surface area is 349 Å². The van der Waals surface area contributed by atoms with Gasteiger partial charge in [0.05, 0.1) is 11.2 Å². The SMILES string of the molecule is Cc1cc(-c2ccccc2Nc2ccc(N(C)C)cc2)c2c3c1c1cc(N(c4ccccc4)c4ccccc4)ccc1n3-c1c(sc3ccc(-c4ccccc4)cc13)B2. The first-order chi connectivity index (χ1) is 29.0. The number of rotatable bonds is 8. The monoisotopic (exact) mass is 776 g/mol. The highest BCUT2D eigenvalue weighted by atomic mass is 32.1. The molecule has 10 aromatic rings. The first-order valence-corrected chi connectivity index (χ1v) is 21.1. The van der Waals surface area contributed by atoms with Gasteiger partial charge in [-0.25, -0.2) is 0 Å². The minimum absolute atomic E-state index is 0.858. The van der Waals surface area contributed by atoms with Crippen molar-refractivity contribution in [2.45, 2.75) is 6.92 Å². The maximum Gasteiger partial charge on any atom is 0.211 e. The van der Waals surface area contributed by atoms with Crippen molar-refractivity contribution in [3.05, 3.63) is 188 Å². The number of fused-ring (bicyclic) bond motifs is 7. The molecule has 0 unspecified atom stereocenters. The van der Waals surface area contributed by atoms with Crippen molar-refractivity contribution in [2.75, 3.05) is 29.2 Å². The molecule has 11 rings (SSSR count). The van der Waals surface area contributed by atoms with Crippen LogP contribution < -0.4 is 25.4 Å². The predicted octanol–water partition coefficient (Wildman–Crippen LogP) is 12.6. The molecule has 8 aromatic carbocycles. The molecule has 1 aliphatic heterocycles. The summed E-state index contributed by atoms with van der Waals surface area (Å²) in [6.07, 6.45) is 0. The van der Waals surface area contributed by atoms with Gasteiger partial charge in [-0.1, -0.05) is 97.1 Å². The second-order valence-electron chi connectivity index (χ2n) is 15.7. The topological polar surface area (TPSA) is 23.4 Å². The number of para-hydroxylation sites is 3. The Kier molecular flexibility index (Phi) is 8.42. The molecule has 0 saturated heterocycles. The van der Waals surface area contributed by atoms with Crippen molar-refractivity contribution in [1.82, 2.24) is 4.57 Å². The van der Waals surface area contributed by atoms with Crippen molar-refractivity contribution in [2.24, 2.45) is 0 Å². The van der Waals surface area contributed by atoms with E-state index in [-0.39, 0.29) is 0 Å². The average Bonchev–Trinajstić information content (AvgIpc) is 3.82. The first-order valence-electron chi connectivity index (χ1n) is 20.3. The molecule has 1 N–H and O–H groups in total. The van der Waals surface area contributed by atoms with E-state index in [2.05, 4.69) is 223 Å². The molecule has 0 aliphatic carbocycles. The van der Waals surface area contributed by atoms with Crippen LogP contribution in [-0.2, 0) is 0 Å². The van der Waals surface area contributed by atoms with E-state index in [0.29, 0.717) is 0 Å². The van der Waals surface area contributed by atoms with E-state index in [0.717, 1.165) is 35.7 Å². The van der Waals surface area contributed by atoms with Crippen LogP contribution in [0.25, 0.3) is 59.8 Å². The van der Waals surface area contributed by atoms with E-state index in [9.17, 15) is 0 Å². The van der Waals surface area contributed by atoms with Gasteiger partial charge >= 0.3 is 0 Å². The fourth-order valence-corrected chi connectivity index (χ4v) is 10.3. The normalized spacial score (nSPS) is 11.8. The minimum atomic E-state index is 0.858. The molecule has 4 nitrogen and oxygen atoms in total. The third-order valence-electron chi connectivity index (χ3n) is 11.9. The quantitative estimate of drug-likeness (QED) is 0.156. The zero-order valence-electron chi connectivity index (χ0n) is 33.3. The number of thiophene rings is 1. The number of nitrogens with zero attached hydrogens (tertiary/aromatic N) is 3. The third kappa shape index (κ3) is 5.90. The molecule has 1 aliphatic rings. The lowest BCUT2D eigenvalue weighted by molar-refractivity contribution is 1.13. The molecule has 0 bridgehead atoms. The highest BCUT2D eigenvalue weighted by molar-refractivity contribution is 7.29. The fraction of sp³-hybridized carbons (Fsp3) is 0.0566. The summed E-state index contributed by atoms with van der Waals surface area (Å²) in [7, 11) is 5.01. The average molecular weight is 777 g/mol. The molecule has 0 amide bonds. The molecule has 6 heteroatoms. The Morgan fingerprint density at radius 1 is 0.559 bits per heavy atom. The first kappa shape index (κ1) is 35.2. The van der Waals surface area contributed by atoms with Crippen molar-refractivity contribution in [3.8, 4) is 27.9 Å². The molecule has 0 saturated carbocycles. The van der Waals surface area contributed by atoms with Crippen LogP contribution in [0, 0.1) is 6.92 Å². The molecular weight excluding hydrogens is 735 g/mol. The summed E-state index contributed by atoms with van der Waals surface area (Å²) in [5, 5.41) is 7.69. The van der Waals surface area contributed by atoms with Gasteiger partial charge < -0.3 is 19.7 Å². The lowest BCUT2D eigenvalue weighted by Gasteiger charge is -2.25. The van der Waals surface area contributed by atoms with Crippen LogP contribution in [0.3, 0.4) is 0 Å². The van der Waals surface area contributed by atoms with Gasteiger partial charge in [-0.15, -0.1) is 11.3 Å². The van der Waals surface area contributed by atoms with E-state index < -0.39 is 0 Å². The van der Waals surface area contributed by atoms with Gasteiger partial charge in [-0.3, -0.25) is 0 Å². The summed E-state index contributed by atoms with van der Waals surface area (Å²) in [5.74, 6) is 0. The van der Waals surface area contributed by atoms with Crippen LogP contribution in [0.1, 0.15) is 5.56 Å². The molecule has 282 valence electrons. The molecule has 59 heavy (non-hydrogen) atoms. The van der Waals surface area contributed by atoms with Gasteiger partial charge in [-0.05, 0) is 124 Å². The molecule has 3 heterocycles. The predicted molar refractivity (Wildman–Crippen MR) is 257 cm³/mol. The van der Waals surface area contributed by atoms with Gasteiger partial charge in [0.2, 0.25) is 7.28 Å². The highest BCUT2D eigenvalue weighted by Crippen LogP contribution is 2.45. The van der Waals surface area contributed by atoms with Gasteiger partial charge in [0.25, 0.3) is 0 Å². The number of hydrogen-bond acceptors (Lipinski definition) is 4. The number of hydrogen-bond donors (Lipinski definition) is 1. The van der Waals surface area contributed by atoms with E-state index in [1.54, 1.807) is 0 Å². The van der Waals surface area contributed by atoms with Crippen molar-refractivity contribution in [3.63, 3.8) is 0 Å². The lowest BCUT2D eigenvalue weighted by Crippen LogP contribution is -2.35. The third-order valence-corrected chi connectivity index (χ3v) is 13.0.